The summed E-state index contributed by atoms with van der Waals surface area (Å²) in [5, 5.41) is 8.81. The summed E-state index contributed by atoms with van der Waals surface area (Å²) in [6.45, 7) is 5.56. The van der Waals surface area contributed by atoms with Crippen molar-refractivity contribution in [3.8, 4) is 0 Å². The zero-order chi connectivity index (χ0) is 17.4. The smallest absolute Gasteiger partial charge is 0.259 e. The molecule has 0 aromatic carbocycles. The standard InChI is InChI=1S/C18H22N6O/c1-13-10-14(2)24(21-13)12-15-6-3-4-8-22(15)18(25)16-11-20-23-9-5-7-19-17(16)23/h5,7,9-11,15H,3-4,6,8,12H2,1-2H3. The first-order valence-corrected chi connectivity index (χ1v) is 8.74. The van der Waals surface area contributed by atoms with Gasteiger partial charge in [0.1, 0.15) is 5.56 Å². The lowest BCUT2D eigenvalue weighted by Crippen LogP contribution is -2.46. The van der Waals surface area contributed by atoms with Crippen LogP contribution in [-0.2, 0) is 6.54 Å². The molecule has 3 aromatic heterocycles. The van der Waals surface area contributed by atoms with Crippen LogP contribution in [0.2, 0.25) is 0 Å². The fourth-order valence-corrected chi connectivity index (χ4v) is 3.65. The molecule has 1 atom stereocenters. The fraction of sp³-hybridized carbons (Fsp3) is 0.444. The van der Waals surface area contributed by atoms with Gasteiger partial charge >= 0.3 is 0 Å². The molecule has 0 saturated carbocycles. The third kappa shape index (κ3) is 2.90. The molecule has 7 nitrogen and oxygen atoms in total. The molecule has 1 aliphatic heterocycles. The van der Waals surface area contributed by atoms with Crippen LogP contribution in [0.25, 0.3) is 5.65 Å². The SMILES string of the molecule is Cc1cc(C)n(CC2CCCCN2C(=O)c2cnn3cccnc23)n1. The summed E-state index contributed by atoms with van der Waals surface area (Å²) < 4.78 is 3.66. The lowest BCUT2D eigenvalue weighted by atomic mass is 10.0. The molecule has 0 bridgehead atoms. The van der Waals surface area contributed by atoms with Crippen LogP contribution in [-0.4, -0.2) is 47.8 Å². The van der Waals surface area contributed by atoms with Crippen LogP contribution < -0.4 is 0 Å². The number of aromatic nitrogens is 5. The van der Waals surface area contributed by atoms with E-state index >= 15 is 0 Å². The Bertz CT molecular complexity index is 911. The maximum Gasteiger partial charge on any atom is 0.259 e. The molecule has 1 saturated heterocycles. The fourth-order valence-electron chi connectivity index (χ4n) is 3.65. The Morgan fingerprint density at radius 3 is 3.00 bits per heavy atom. The summed E-state index contributed by atoms with van der Waals surface area (Å²) in [7, 11) is 0. The van der Waals surface area contributed by atoms with Crippen molar-refractivity contribution < 1.29 is 4.79 Å². The van der Waals surface area contributed by atoms with Crippen molar-refractivity contribution in [3.63, 3.8) is 0 Å². The summed E-state index contributed by atoms with van der Waals surface area (Å²) in [5.41, 5.74) is 3.33. The van der Waals surface area contributed by atoms with E-state index in [4.69, 9.17) is 0 Å². The van der Waals surface area contributed by atoms with Gasteiger partial charge in [0.2, 0.25) is 0 Å². The third-order valence-corrected chi connectivity index (χ3v) is 4.88. The molecule has 3 aromatic rings. The number of carbonyl (C=O) groups is 1. The molecule has 0 aliphatic carbocycles. The minimum atomic E-state index is 0.0138. The van der Waals surface area contributed by atoms with Crippen molar-refractivity contribution in [2.45, 2.75) is 45.7 Å². The Labute approximate surface area is 146 Å². The zero-order valence-electron chi connectivity index (χ0n) is 14.6. The van der Waals surface area contributed by atoms with E-state index in [1.807, 2.05) is 22.7 Å². The highest BCUT2D eigenvalue weighted by atomic mass is 16.2. The van der Waals surface area contributed by atoms with E-state index in [0.29, 0.717) is 11.2 Å². The van der Waals surface area contributed by atoms with Crippen LogP contribution in [0.3, 0.4) is 0 Å². The van der Waals surface area contributed by atoms with Gasteiger partial charge in [0.05, 0.1) is 24.5 Å². The van der Waals surface area contributed by atoms with Crippen LogP contribution in [0, 0.1) is 13.8 Å². The highest BCUT2D eigenvalue weighted by molar-refractivity contribution is 5.99. The summed E-state index contributed by atoms with van der Waals surface area (Å²) in [6, 6.07) is 4.03. The molecule has 1 aliphatic rings. The minimum absolute atomic E-state index is 0.0138. The Balaban J connectivity index is 1.62. The van der Waals surface area contributed by atoms with E-state index in [1.165, 1.54) is 0 Å². The van der Waals surface area contributed by atoms with Crippen molar-refractivity contribution in [2.24, 2.45) is 0 Å². The predicted octanol–water partition coefficient (Wildman–Crippen LogP) is 2.24. The number of hydrogen-bond donors (Lipinski definition) is 0. The summed E-state index contributed by atoms with van der Waals surface area (Å²) in [6.07, 6.45) is 8.29. The first-order valence-electron chi connectivity index (χ1n) is 8.74. The molecule has 7 heteroatoms. The van der Waals surface area contributed by atoms with Crippen molar-refractivity contribution >= 4 is 11.6 Å². The van der Waals surface area contributed by atoms with E-state index in [1.54, 1.807) is 23.0 Å². The Kier molecular flexibility index (Phi) is 3.99. The lowest BCUT2D eigenvalue weighted by Gasteiger charge is -2.35. The van der Waals surface area contributed by atoms with Crippen molar-refractivity contribution in [2.75, 3.05) is 6.54 Å². The van der Waals surface area contributed by atoms with Gasteiger partial charge in [-0.25, -0.2) is 9.50 Å². The van der Waals surface area contributed by atoms with Crippen LogP contribution in [0.5, 0.6) is 0 Å². The van der Waals surface area contributed by atoms with Gasteiger partial charge in [-0.3, -0.25) is 9.48 Å². The number of nitrogens with zero attached hydrogens (tertiary/aromatic N) is 6. The Hall–Kier alpha value is -2.70. The van der Waals surface area contributed by atoms with Crippen LogP contribution >= 0.6 is 0 Å². The lowest BCUT2D eigenvalue weighted by molar-refractivity contribution is 0.0584. The molecule has 4 heterocycles. The number of amides is 1. The number of piperidine rings is 1. The zero-order valence-corrected chi connectivity index (χ0v) is 14.6. The molecule has 25 heavy (non-hydrogen) atoms. The van der Waals surface area contributed by atoms with Gasteiger partial charge in [-0.15, -0.1) is 0 Å². The molecule has 0 N–H and O–H groups in total. The summed E-state index contributed by atoms with van der Waals surface area (Å²) in [5.74, 6) is 0.0138. The second-order valence-corrected chi connectivity index (χ2v) is 6.70. The van der Waals surface area contributed by atoms with E-state index in [0.717, 1.165) is 43.7 Å². The highest BCUT2D eigenvalue weighted by Crippen LogP contribution is 2.22. The molecule has 0 radical (unpaired) electrons. The number of carbonyl (C=O) groups excluding carboxylic acids is 1. The quantitative estimate of drug-likeness (QED) is 0.734. The molecule has 4 rings (SSSR count). The van der Waals surface area contributed by atoms with Gasteiger partial charge in [0.25, 0.3) is 5.91 Å². The Morgan fingerprint density at radius 2 is 2.20 bits per heavy atom. The molecule has 1 fully saturated rings. The van der Waals surface area contributed by atoms with Gasteiger partial charge in [0, 0.05) is 24.6 Å². The second-order valence-electron chi connectivity index (χ2n) is 6.70. The van der Waals surface area contributed by atoms with Crippen molar-refractivity contribution in [3.05, 3.63) is 47.7 Å². The minimum Gasteiger partial charge on any atom is -0.334 e. The van der Waals surface area contributed by atoms with Crippen LogP contribution in [0.15, 0.2) is 30.7 Å². The highest BCUT2D eigenvalue weighted by Gasteiger charge is 2.30. The summed E-state index contributed by atoms with van der Waals surface area (Å²) >= 11 is 0. The van der Waals surface area contributed by atoms with Crippen molar-refractivity contribution in [1.82, 2.24) is 29.3 Å². The normalized spacial score (nSPS) is 18.0. The average molecular weight is 338 g/mol. The van der Waals surface area contributed by atoms with E-state index < -0.39 is 0 Å². The maximum absolute atomic E-state index is 13.2. The van der Waals surface area contributed by atoms with E-state index in [2.05, 4.69) is 28.2 Å². The molecule has 130 valence electrons. The number of hydrogen-bond acceptors (Lipinski definition) is 4. The van der Waals surface area contributed by atoms with E-state index in [-0.39, 0.29) is 11.9 Å². The maximum atomic E-state index is 13.2. The molecule has 1 unspecified atom stereocenters. The number of rotatable bonds is 3. The van der Waals surface area contributed by atoms with Gasteiger partial charge in [0.15, 0.2) is 5.65 Å². The van der Waals surface area contributed by atoms with Gasteiger partial charge < -0.3 is 4.90 Å². The summed E-state index contributed by atoms with van der Waals surface area (Å²) in [4.78, 5) is 19.5. The first kappa shape index (κ1) is 15.8. The number of fused-ring (bicyclic) bond motifs is 1. The van der Waals surface area contributed by atoms with Gasteiger partial charge in [-0.1, -0.05) is 0 Å². The first-order chi connectivity index (χ1) is 12.1. The molecular formula is C18H22N6O. The predicted molar refractivity (Wildman–Crippen MR) is 93.4 cm³/mol. The van der Waals surface area contributed by atoms with E-state index in [9.17, 15) is 4.79 Å². The third-order valence-electron chi connectivity index (χ3n) is 4.88. The van der Waals surface area contributed by atoms with Gasteiger partial charge in [-0.05, 0) is 45.2 Å². The molecule has 1 amide bonds. The number of likely N-dealkylation sites (tertiary alicyclic amines) is 1. The van der Waals surface area contributed by atoms with Crippen LogP contribution in [0.1, 0.15) is 41.0 Å². The van der Waals surface area contributed by atoms with Gasteiger partial charge in [-0.2, -0.15) is 10.2 Å². The van der Waals surface area contributed by atoms with Crippen LogP contribution in [0.4, 0.5) is 0 Å². The largest absolute Gasteiger partial charge is 0.334 e. The second kappa shape index (κ2) is 6.31. The molecule has 0 spiro atoms. The average Bonchev–Trinajstić information content (AvgIpc) is 3.18. The van der Waals surface area contributed by atoms with Crippen molar-refractivity contribution in [1.29, 1.82) is 0 Å². The Morgan fingerprint density at radius 1 is 1.32 bits per heavy atom. The monoisotopic (exact) mass is 338 g/mol. The molecular weight excluding hydrogens is 316 g/mol. The number of aryl methyl sites for hydroxylation is 2. The topological polar surface area (TPSA) is 68.3 Å².